The summed E-state index contributed by atoms with van der Waals surface area (Å²) in [5.74, 6) is 0.403. The third-order valence-electron chi connectivity index (χ3n) is 5.24. The lowest BCUT2D eigenvalue weighted by atomic mass is 9.93. The summed E-state index contributed by atoms with van der Waals surface area (Å²) in [5, 5.41) is 1.23. The molecule has 5 heteroatoms. The Balaban J connectivity index is 1.52. The van der Waals surface area contributed by atoms with E-state index in [0.29, 0.717) is 18.8 Å². The Hall–Kier alpha value is -2.30. The number of methoxy groups -OCH3 is 1. The van der Waals surface area contributed by atoms with E-state index in [2.05, 4.69) is 22.9 Å². The number of aryl methyl sites for hydroxylation is 2. The molecule has 0 spiro atoms. The molecular formula is C20H26N2O3. The Morgan fingerprint density at radius 3 is 2.64 bits per heavy atom. The highest BCUT2D eigenvalue weighted by atomic mass is 16.5. The maximum Gasteiger partial charge on any atom is 0.305 e. The van der Waals surface area contributed by atoms with Crippen LogP contribution >= 0.6 is 0 Å². The molecule has 0 aliphatic carbocycles. The van der Waals surface area contributed by atoms with E-state index in [1.165, 1.54) is 23.6 Å². The predicted octanol–water partition coefficient (Wildman–Crippen LogP) is 2.91. The van der Waals surface area contributed by atoms with Crippen LogP contribution < -0.4 is 0 Å². The molecule has 0 N–H and O–H groups in total. The molecule has 1 amide bonds. The van der Waals surface area contributed by atoms with Crippen LogP contribution in [0.1, 0.15) is 31.2 Å². The second-order valence-corrected chi connectivity index (χ2v) is 6.89. The maximum absolute atomic E-state index is 12.5. The number of hydrogen-bond acceptors (Lipinski definition) is 3. The van der Waals surface area contributed by atoms with Crippen molar-refractivity contribution in [2.75, 3.05) is 20.2 Å². The average Bonchev–Trinajstić information content (AvgIpc) is 2.96. The lowest BCUT2D eigenvalue weighted by Gasteiger charge is -2.31. The lowest BCUT2D eigenvalue weighted by Crippen LogP contribution is -2.39. The van der Waals surface area contributed by atoms with E-state index in [0.717, 1.165) is 32.4 Å². The summed E-state index contributed by atoms with van der Waals surface area (Å²) in [6.07, 6.45) is 5.66. The van der Waals surface area contributed by atoms with Crippen LogP contribution in [-0.2, 0) is 27.8 Å². The predicted molar refractivity (Wildman–Crippen MR) is 97.2 cm³/mol. The van der Waals surface area contributed by atoms with Crippen molar-refractivity contribution in [2.24, 2.45) is 13.0 Å². The molecule has 1 fully saturated rings. The summed E-state index contributed by atoms with van der Waals surface area (Å²) < 4.78 is 6.85. The van der Waals surface area contributed by atoms with Gasteiger partial charge in [0.05, 0.1) is 7.11 Å². The zero-order valence-electron chi connectivity index (χ0n) is 15.0. The van der Waals surface area contributed by atoms with Crippen molar-refractivity contribution in [3.05, 3.63) is 36.0 Å². The van der Waals surface area contributed by atoms with Crippen molar-refractivity contribution in [1.82, 2.24) is 9.47 Å². The average molecular weight is 342 g/mol. The highest BCUT2D eigenvalue weighted by Gasteiger charge is 2.24. The molecule has 1 aromatic heterocycles. The first-order valence-electron chi connectivity index (χ1n) is 8.96. The van der Waals surface area contributed by atoms with Crippen molar-refractivity contribution in [3.8, 4) is 0 Å². The summed E-state index contributed by atoms with van der Waals surface area (Å²) in [6, 6.07) is 8.30. The molecular weight excluding hydrogens is 316 g/mol. The number of para-hydroxylation sites is 1. The molecule has 1 aliphatic rings. The quantitative estimate of drug-likeness (QED) is 0.785. The largest absolute Gasteiger partial charge is 0.469 e. The third-order valence-corrected chi connectivity index (χ3v) is 5.24. The van der Waals surface area contributed by atoms with E-state index in [4.69, 9.17) is 4.74 Å². The topological polar surface area (TPSA) is 51.5 Å². The number of hydrogen-bond donors (Lipinski definition) is 0. The zero-order valence-corrected chi connectivity index (χ0v) is 15.0. The molecule has 2 aromatic rings. The number of benzene rings is 1. The molecule has 134 valence electrons. The number of rotatable bonds is 5. The van der Waals surface area contributed by atoms with E-state index in [1.807, 2.05) is 24.1 Å². The van der Waals surface area contributed by atoms with Gasteiger partial charge in [0.2, 0.25) is 5.91 Å². The number of fused-ring (bicyclic) bond motifs is 1. The molecule has 0 radical (unpaired) electrons. The standard InChI is InChI=1S/C20H26N2O3/c1-21-14-16(17-5-3-4-6-18(17)21)7-8-19(23)22-11-9-15(10-12-22)13-20(24)25-2/h3-6,14-15H,7-13H2,1-2H3. The number of nitrogens with zero attached hydrogens (tertiary/aromatic N) is 2. The van der Waals surface area contributed by atoms with E-state index in [-0.39, 0.29) is 11.9 Å². The van der Waals surface area contributed by atoms with Gasteiger partial charge < -0.3 is 14.2 Å². The van der Waals surface area contributed by atoms with Crippen molar-refractivity contribution < 1.29 is 14.3 Å². The molecule has 0 saturated carbocycles. The first-order valence-corrected chi connectivity index (χ1v) is 8.96. The van der Waals surface area contributed by atoms with Gasteiger partial charge in [0.1, 0.15) is 0 Å². The number of carbonyl (C=O) groups excluding carboxylic acids is 2. The summed E-state index contributed by atoms with van der Waals surface area (Å²) in [5.41, 5.74) is 2.43. The van der Waals surface area contributed by atoms with Gasteiger partial charge in [-0.05, 0) is 36.8 Å². The Morgan fingerprint density at radius 2 is 1.92 bits per heavy atom. The van der Waals surface area contributed by atoms with Crippen LogP contribution in [0.15, 0.2) is 30.5 Å². The van der Waals surface area contributed by atoms with E-state index in [1.54, 1.807) is 0 Å². The molecule has 1 aliphatic heterocycles. The van der Waals surface area contributed by atoms with E-state index < -0.39 is 0 Å². The number of carbonyl (C=O) groups is 2. The van der Waals surface area contributed by atoms with Crippen LogP contribution in [0.25, 0.3) is 10.9 Å². The van der Waals surface area contributed by atoms with Gasteiger partial charge in [-0.25, -0.2) is 0 Å². The summed E-state index contributed by atoms with van der Waals surface area (Å²) in [4.78, 5) is 25.8. The second-order valence-electron chi connectivity index (χ2n) is 6.89. The summed E-state index contributed by atoms with van der Waals surface area (Å²) >= 11 is 0. The summed E-state index contributed by atoms with van der Waals surface area (Å²) in [7, 11) is 3.47. The van der Waals surface area contributed by atoms with Crippen LogP contribution in [0.3, 0.4) is 0 Å². The van der Waals surface area contributed by atoms with Gasteiger partial charge >= 0.3 is 5.97 Å². The number of amides is 1. The molecule has 0 bridgehead atoms. The number of esters is 1. The van der Waals surface area contributed by atoms with Gasteiger partial charge in [-0.1, -0.05) is 18.2 Å². The van der Waals surface area contributed by atoms with Crippen LogP contribution in [0.2, 0.25) is 0 Å². The van der Waals surface area contributed by atoms with Crippen LogP contribution in [0, 0.1) is 5.92 Å². The molecule has 0 atom stereocenters. The minimum Gasteiger partial charge on any atom is -0.469 e. The number of likely N-dealkylation sites (tertiary alicyclic amines) is 1. The van der Waals surface area contributed by atoms with Gasteiger partial charge in [0.25, 0.3) is 0 Å². The molecule has 5 nitrogen and oxygen atoms in total. The van der Waals surface area contributed by atoms with Crippen LogP contribution in [0.4, 0.5) is 0 Å². The first-order chi connectivity index (χ1) is 12.1. The fourth-order valence-electron chi connectivity index (χ4n) is 3.73. The Morgan fingerprint density at radius 1 is 1.20 bits per heavy atom. The van der Waals surface area contributed by atoms with Crippen LogP contribution in [0.5, 0.6) is 0 Å². The molecule has 25 heavy (non-hydrogen) atoms. The number of piperidine rings is 1. The van der Waals surface area contributed by atoms with Gasteiger partial charge in [-0.3, -0.25) is 9.59 Å². The van der Waals surface area contributed by atoms with Crippen molar-refractivity contribution in [2.45, 2.75) is 32.1 Å². The van der Waals surface area contributed by atoms with E-state index >= 15 is 0 Å². The lowest BCUT2D eigenvalue weighted by molar-refractivity contribution is -0.142. The Kier molecular flexibility index (Phi) is 5.41. The van der Waals surface area contributed by atoms with Gasteiger partial charge in [-0.15, -0.1) is 0 Å². The monoisotopic (exact) mass is 342 g/mol. The molecule has 1 saturated heterocycles. The van der Waals surface area contributed by atoms with Crippen molar-refractivity contribution >= 4 is 22.8 Å². The normalized spacial score (nSPS) is 15.5. The van der Waals surface area contributed by atoms with E-state index in [9.17, 15) is 9.59 Å². The number of ether oxygens (including phenoxy) is 1. The molecule has 0 unspecified atom stereocenters. The van der Waals surface area contributed by atoms with Crippen LogP contribution in [-0.4, -0.2) is 41.5 Å². The number of aromatic nitrogens is 1. The smallest absolute Gasteiger partial charge is 0.305 e. The Bertz CT molecular complexity index is 757. The third kappa shape index (κ3) is 4.03. The first kappa shape index (κ1) is 17.5. The fourth-order valence-corrected chi connectivity index (χ4v) is 3.73. The maximum atomic E-state index is 12.5. The second kappa shape index (κ2) is 7.72. The molecule has 2 heterocycles. The Labute approximate surface area is 148 Å². The molecule has 3 rings (SSSR count). The highest BCUT2D eigenvalue weighted by molar-refractivity contribution is 5.85. The fraction of sp³-hybridized carbons (Fsp3) is 0.500. The zero-order chi connectivity index (χ0) is 17.8. The highest BCUT2D eigenvalue weighted by Crippen LogP contribution is 2.24. The summed E-state index contributed by atoms with van der Waals surface area (Å²) in [6.45, 7) is 1.49. The van der Waals surface area contributed by atoms with Gasteiger partial charge in [-0.2, -0.15) is 0 Å². The van der Waals surface area contributed by atoms with Gasteiger partial charge in [0, 0.05) is 50.1 Å². The van der Waals surface area contributed by atoms with Crippen molar-refractivity contribution in [3.63, 3.8) is 0 Å². The van der Waals surface area contributed by atoms with Crippen molar-refractivity contribution in [1.29, 1.82) is 0 Å². The van der Waals surface area contributed by atoms with Gasteiger partial charge in [0.15, 0.2) is 0 Å². The SMILES string of the molecule is COC(=O)CC1CCN(C(=O)CCc2cn(C)c3ccccc23)CC1. The minimum atomic E-state index is -0.152. The molecule has 1 aromatic carbocycles. The minimum absolute atomic E-state index is 0.152.